The van der Waals surface area contributed by atoms with E-state index in [1.807, 2.05) is 0 Å². The smallest absolute Gasteiger partial charge is 0.310 e. The van der Waals surface area contributed by atoms with Crippen LogP contribution >= 0.6 is 0 Å². The van der Waals surface area contributed by atoms with Gasteiger partial charge in [-0.15, -0.1) is 0 Å². The second-order valence-electron chi connectivity index (χ2n) is 3.29. The molecule has 0 aliphatic heterocycles. The highest BCUT2D eigenvalue weighted by Crippen LogP contribution is 2.24. The van der Waals surface area contributed by atoms with Crippen molar-refractivity contribution < 1.29 is 19.4 Å². The highest BCUT2D eigenvalue weighted by atomic mass is 16.5. The number of phenols is 1. The highest BCUT2D eigenvalue weighted by molar-refractivity contribution is 5.80. The van der Waals surface area contributed by atoms with Crippen LogP contribution < -0.4 is 0 Å². The highest BCUT2D eigenvalue weighted by Gasteiger charge is 2.13. The summed E-state index contributed by atoms with van der Waals surface area (Å²) in [6.45, 7) is 1.90. The fourth-order valence-electron chi connectivity index (χ4n) is 1.37. The van der Waals surface area contributed by atoms with Gasteiger partial charge >= 0.3 is 5.97 Å². The van der Waals surface area contributed by atoms with E-state index >= 15 is 0 Å². The van der Waals surface area contributed by atoms with Crippen LogP contribution in [0.2, 0.25) is 0 Å². The van der Waals surface area contributed by atoms with Crippen molar-refractivity contribution in [3.8, 4) is 11.8 Å². The first-order valence-corrected chi connectivity index (χ1v) is 4.99. The number of carbonyl (C=O) groups is 2. The summed E-state index contributed by atoms with van der Waals surface area (Å²) in [6, 6.07) is 4.38. The third-order valence-electron chi connectivity index (χ3n) is 2.11. The fraction of sp³-hybridized carbons (Fsp3) is 0.250. The number of aldehydes is 1. The van der Waals surface area contributed by atoms with Crippen LogP contribution in [0.5, 0.6) is 5.75 Å². The largest absolute Gasteiger partial charge is 0.506 e. The molecule has 0 aromatic heterocycles. The zero-order valence-corrected chi connectivity index (χ0v) is 9.27. The Morgan fingerprint density at radius 2 is 2.29 bits per heavy atom. The minimum absolute atomic E-state index is 0.0334. The lowest BCUT2D eigenvalue weighted by atomic mass is 10.0. The van der Waals surface area contributed by atoms with Crippen molar-refractivity contribution in [1.82, 2.24) is 0 Å². The van der Waals surface area contributed by atoms with Crippen molar-refractivity contribution in [3.05, 3.63) is 28.8 Å². The molecule has 88 valence electrons. The molecule has 0 aliphatic rings. The number of benzene rings is 1. The van der Waals surface area contributed by atoms with Crippen LogP contribution in [0.15, 0.2) is 12.1 Å². The van der Waals surface area contributed by atoms with Gasteiger partial charge in [0.15, 0.2) is 0 Å². The lowest BCUT2D eigenvalue weighted by Gasteiger charge is -2.06. The number of hydrogen-bond donors (Lipinski definition) is 1. The Balaban J connectivity index is 3.10. The van der Waals surface area contributed by atoms with Crippen molar-refractivity contribution >= 4 is 12.3 Å². The van der Waals surface area contributed by atoms with E-state index in [9.17, 15) is 14.7 Å². The van der Waals surface area contributed by atoms with Gasteiger partial charge in [-0.1, -0.05) is 0 Å². The Morgan fingerprint density at radius 3 is 2.82 bits per heavy atom. The van der Waals surface area contributed by atoms with E-state index < -0.39 is 5.97 Å². The van der Waals surface area contributed by atoms with Crippen LogP contribution in [0.4, 0.5) is 0 Å². The number of nitriles is 1. The van der Waals surface area contributed by atoms with Gasteiger partial charge in [0.2, 0.25) is 0 Å². The molecule has 0 spiro atoms. The van der Waals surface area contributed by atoms with E-state index in [1.54, 1.807) is 13.0 Å². The van der Waals surface area contributed by atoms with Crippen molar-refractivity contribution in [2.75, 3.05) is 6.61 Å². The Bertz CT molecular complexity index is 488. The van der Waals surface area contributed by atoms with Gasteiger partial charge in [-0.25, -0.2) is 0 Å². The zero-order valence-electron chi connectivity index (χ0n) is 9.27. The monoisotopic (exact) mass is 233 g/mol. The summed E-state index contributed by atoms with van der Waals surface area (Å²) in [7, 11) is 0. The van der Waals surface area contributed by atoms with Crippen LogP contribution in [0.3, 0.4) is 0 Å². The summed E-state index contributed by atoms with van der Waals surface area (Å²) in [5.41, 5.74) is 0.414. The molecule has 5 heteroatoms. The number of hydrogen-bond acceptors (Lipinski definition) is 5. The maximum absolute atomic E-state index is 11.3. The average molecular weight is 233 g/mol. The molecular weight excluding hydrogens is 222 g/mol. The average Bonchev–Trinajstić information content (AvgIpc) is 2.32. The summed E-state index contributed by atoms with van der Waals surface area (Å²) in [5.74, 6) is -0.805. The number of esters is 1. The van der Waals surface area contributed by atoms with E-state index in [-0.39, 0.29) is 35.5 Å². The van der Waals surface area contributed by atoms with E-state index in [0.717, 1.165) is 0 Å². The number of aromatic hydroxyl groups is 1. The minimum Gasteiger partial charge on any atom is -0.506 e. The molecule has 0 bridgehead atoms. The van der Waals surface area contributed by atoms with Crippen molar-refractivity contribution in [3.63, 3.8) is 0 Å². The first kappa shape index (κ1) is 12.7. The molecule has 0 amide bonds. The summed E-state index contributed by atoms with van der Waals surface area (Å²) in [5, 5.41) is 18.4. The summed E-state index contributed by atoms with van der Waals surface area (Å²) >= 11 is 0. The molecule has 0 heterocycles. The van der Waals surface area contributed by atoms with Crippen molar-refractivity contribution in [1.29, 1.82) is 5.26 Å². The standard InChI is InChI=1S/C12H11NO4/c1-2-17-11(15)5-9-3-8(7-14)4-10(6-13)12(9)16/h3-4,7,16H,2,5H2,1H3. The van der Waals surface area contributed by atoms with Gasteiger partial charge in [-0.05, 0) is 19.1 Å². The van der Waals surface area contributed by atoms with E-state index in [2.05, 4.69) is 0 Å². The quantitative estimate of drug-likeness (QED) is 0.623. The minimum atomic E-state index is -0.519. The molecule has 0 atom stereocenters. The molecule has 1 N–H and O–H groups in total. The Kier molecular flexibility index (Phi) is 4.23. The SMILES string of the molecule is CCOC(=O)Cc1cc(C=O)cc(C#N)c1O. The van der Waals surface area contributed by atoms with Gasteiger partial charge in [0, 0.05) is 11.1 Å². The second kappa shape index (κ2) is 5.66. The summed E-state index contributed by atoms with van der Waals surface area (Å²) < 4.78 is 4.73. The van der Waals surface area contributed by atoms with Gasteiger partial charge in [-0.2, -0.15) is 5.26 Å². The molecule has 1 rings (SSSR count). The lowest BCUT2D eigenvalue weighted by molar-refractivity contribution is -0.142. The van der Waals surface area contributed by atoms with Gasteiger partial charge in [-0.3, -0.25) is 9.59 Å². The fourth-order valence-corrected chi connectivity index (χ4v) is 1.37. The van der Waals surface area contributed by atoms with Gasteiger partial charge < -0.3 is 9.84 Å². The first-order chi connectivity index (χ1) is 8.12. The molecular formula is C12H11NO4. The molecule has 0 saturated heterocycles. The molecule has 0 saturated carbocycles. The van der Waals surface area contributed by atoms with Crippen LogP contribution in [0.1, 0.15) is 28.4 Å². The number of ether oxygens (including phenoxy) is 1. The first-order valence-electron chi connectivity index (χ1n) is 4.99. The predicted octanol–water partition coefficient (Wildman–Crippen LogP) is 1.18. The second-order valence-corrected chi connectivity index (χ2v) is 3.29. The Hall–Kier alpha value is -2.35. The van der Waals surface area contributed by atoms with E-state index in [4.69, 9.17) is 10.00 Å². The molecule has 0 fully saturated rings. The van der Waals surface area contributed by atoms with Crippen LogP contribution in [-0.2, 0) is 16.0 Å². The number of carbonyl (C=O) groups excluding carboxylic acids is 2. The molecule has 1 aromatic rings. The van der Waals surface area contributed by atoms with Crippen molar-refractivity contribution in [2.24, 2.45) is 0 Å². The number of nitrogens with zero attached hydrogens (tertiary/aromatic N) is 1. The van der Waals surface area contributed by atoms with Crippen molar-refractivity contribution in [2.45, 2.75) is 13.3 Å². The third kappa shape index (κ3) is 3.05. The summed E-state index contributed by atoms with van der Waals surface area (Å²) in [6.07, 6.45) is 0.380. The number of phenolic OH excluding ortho intramolecular Hbond substituents is 1. The predicted molar refractivity (Wildman–Crippen MR) is 58.5 cm³/mol. The lowest BCUT2D eigenvalue weighted by Crippen LogP contribution is -2.08. The molecule has 0 radical (unpaired) electrons. The maximum atomic E-state index is 11.3. The number of rotatable bonds is 4. The topological polar surface area (TPSA) is 87.4 Å². The Morgan fingerprint density at radius 1 is 1.59 bits per heavy atom. The van der Waals surface area contributed by atoms with Gasteiger partial charge in [0.05, 0.1) is 18.6 Å². The summed E-state index contributed by atoms with van der Waals surface area (Å²) in [4.78, 5) is 21.9. The van der Waals surface area contributed by atoms with E-state index in [1.165, 1.54) is 12.1 Å². The molecule has 1 aromatic carbocycles. The normalized spacial score (nSPS) is 9.41. The van der Waals surface area contributed by atoms with E-state index in [0.29, 0.717) is 6.29 Å². The van der Waals surface area contributed by atoms with Crippen LogP contribution in [0.25, 0.3) is 0 Å². The van der Waals surface area contributed by atoms with Gasteiger partial charge in [0.1, 0.15) is 18.1 Å². The van der Waals surface area contributed by atoms with Gasteiger partial charge in [0.25, 0.3) is 0 Å². The zero-order chi connectivity index (χ0) is 12.8. The molecule has 0 aliphatic carbocycles. The maximum Gasteiger partial charge on any atom is 0.310 e. The molecule has 0 unspecified atom stereocenters. The Labute approximate surface area is 98.2 Å². The molecule has 5 nitrogen and oxygen atoms in total. The van der Waals surface area contributed by atoms with Crippen LogP contribution in [0, 0.1) is 11.3 Å². The third-order valence-corrected chi connectivity index (χ3v) is 2.11. The molecule has 17 heavy (non-hydrogen) atoms. The van der Waals surface area contributed by atoms with Crippen LogP contribution in [-0.4, -0.2) is 24.0 Å².